The number of aryl methyl sites for hydroxylation is 1. The van der Waals surface area contributed by atoms with Gasteiger partial charge in [0.05, 0.1) is 30.6 Å². The van der Waals surface area contributed by atoms with Crippen molar-refractivity contribution in [2.75, 3.05) is 19.5 Å². The molecule has 1 heterocycles. The Labute approximate surface area is 163 Å². The molecule has 1 N–H and O–H groups in total. The van der Waals surface area contributed by atoms with Crippen molar-refractivity contribution in [3.8, 4) is 0 Å². The standard InChI is InChI=1S/C18H16N2O7S/c1-26-17(22)11-6-7-12-13(11)14(18(23)27-2)16(28-12)19-15(21)9-4-3-5-10(8-9)20(24)25/h3-5,8,11H,6-7H2,1-2H3,(H,19,21). The van der Waals surface area contributed by atoms with Gasteiger partial charge in [0.2, 0.25) is 0 Å². The number of rotatable bonds is 5. The van der Waals surface area contributed by atoms with Gasteiger partial charge in [-0.05, 0) is 24.5 Å². The Morgan fingerprint density at radius 2 is 2.00 bits per heavy atom. The molecule has 3 rings (SSSR count). The van der Waals surface area contributed by atoms with Crippen LogP contribution in [-0.2, 0) is 20.7 Å². The molecule has 1 atom stereocenters. The zero-order valence-electron chi connectivity index (χ0n) is 15.0. The first-order chi connectivity index (χ1) is 13.4. The van der Waals surface area contributed by atoms with Gasteiger partial charge < -0.3 is 14.8 Å². The molecule has 1 aliphatic rings. The number of ether oxygens (including phenoxy) is 2. The number of amides is 1. The van der Waals surface area contributed by atoms with Crippen molar-refractivity contribution in [1.82, 2.24) is 0 Å². The maximum absolute atomic E-state index is 12.6. The van der Waals surface area contributed by atoms with E-state index in [9.17, 15) is 24.5 Å². The van der Waals surface area contributed by atoms with Gasteiger partial charge in [0.15, 0.2) is 0 Å². The SMILES string of the molecule is COC(=O)c1c(NC(=O)c2cccc([N+](=O)[O-])c2)sc2c1C(C(=O)OC)CC2. The van der Waals surface area contributed by atoms with E-state index >= 15 is 0 Å². The fourth-order valence-electron chi connectivity index (χ4n) is 3.17. The minimum Gasteiger partial charge on any atom is -0.469 e. The molecule has 0 fully saturated rings. The number of thiophene rings is 1. The van der Waals surface area contributed by atoms with Crippen molar-refractivity contribution in [3.05, 3.63) is 55.9 Å². The maximum Gasteiger partial charge on any atom is 0.341 e. The normalized spacial score (nSPS) is 14.9. The Morgan fingerprint density at radius 3 is 2.64 bits per heavy atom. The molecule has 0 radical (unpaired) electrons. The summed E-state index contributed by atoms with van der Waals surface area (Å²) in [6.07, 6.45) is 1.08. The Balaban J connectivity index is 1.98. The van der Waals surface area contributed by atoms with E-state index in [-0.39, 0.29) is 21.8 Å². The molecule has 0 saturated heterocycles. The zero-order valence-corrected chi connectivity index (χ0v) is 15.8. The van der Waals surface area contributed by atoms with E-state index < -0.39 is 28.7 Å². The molecule has 1 aromatic carbocycles. The van der Waals surface area contributed by atoms with Crippen molar-refractivity contribution in [3.63, 3.8) is 0 Å². The van der Waals surface area contributed by atoms with E-state index in [2.05, 4.69) is 5.32 Å². The topological polar surface area (TPSA) is 125 Å². The second kappa shape index (κ2) is 7.77. The monoisotopic (exact) mass is 404 g/mol. The molecule has 9 nitrogen and oxygen atoms in total. The summed E-state index contributed by atoms with van der Waals surface area (Å²) in [5.74, 6) is -2.35. The molecule has 1 amide bonds. The summed E-state index contributed by atoms with van der Waals surface area (Å²) in [7, 11) is 2.48. The van der Waals surface area contributed by atoms with Gasteiger partial charge in [-0.15, -0.1) is 11.3 Å². The van der Waals surface area contributed by atoms with Crippen LogP contribution in [-0.4, -0.2) is 37.0 Å². The highest BCUT2D eigenvalue weighted by atomic mass is 32.1. The number of nitro groups is 1. The molecule has 0 saturated carbocycles. The molecule has 0 spiro atoms. The smallest absolute Gasteiger partial charge is 0.341 e. The highest BCUT2D eigenvalue weighted by molar-refractivity contribution is 7.17. The summed E-state index contributed by atoms with van der Waals surface area (Å²) in [6.45, 7) is 0. The fourth-order valence-corrected chi connectivity index (χ4v) is 4.43. The Morgan fingerprint density at radius 1 is 1.25 bits per heavy atom. The van der Waals surface area contributed by atoms with E-state index in [1.807, 2.05) is 0 Å². The molecular formula is C18H16N2O7S. The van der Waals surface area contributed by atoms with E-state index in [1.54, 1.807) is 0 Å². The number of esters is 2. The van der Waals surface area contributed by atoms with Crippen LogP contribution in [0.25, 0.3) is 0 Å². The minimum absolute atomic E-state index is 0.0723. The second-order valence-corrected chi connectivity index (χ2v) is 7.12. The summed E-state index contributed by atoms with van der Waals surface area (Å²) in [5, 5.41) is 13.8. The number of hydrogen-bond donors (Lipinski definition) is 1. The molecule has 0 aliphatic heterocycles. The summed E-state index contributed by atoms with van der Waals surface area (Å²) < 4.78 is 9.65. The van der Waals surface area contributed by atoms with Gasteiger partial charge in [-0.25, -0.2) is 4.79 Å². The molecule has 1 aliphatic carbocycles. The third-order valence-corrected chi connectivity index (χ3v) is 5.63. The largest absolute Gasteiger partial charge is 0.469 e. The fraction of sp³-hybridized carbons (Fsp3) is 0.278. The second-order valence-electron chi connectivity index (χ2n) is 6.01. The number of non-ortho nitro benzene ring substituents is 1. The first kappa shape index (κ1) is 19.5. The molecule has 28 heavy (non-hydrogen) atoms. The van der Waals surface area contributed by atoms with Gasteiger partial charge in [0, 0.05) is 22.6 Å². The maximum atomic E-state index is 12.6. The van der Waals surface area contributed by atoms with Crippen molar-refractivity contribution in [1.29, 1.82) is 0 Å². The number of nitro benzene ring substituents is 1. The first-order valence-corrected chi connectivity index (χ1v) is 9.06. The third-order valence-electron chi connectivity index (χ3n) is 4.45. The van der Waals surface area contributed by atoms with Crippen LogP contribution in [0.15, 0.2) is 24.3 Å². The van der Waals surface area contributed by atoms with Gasteiger partial charge in [-0.3, -0.25) is 19.7 Å². The summed E-state index contributed by atoms with van der Waals surface area (Å²) >= 11 is 1.18. The molecule has 10 heteroatoms. The number of nitrogens with one attached hydrogen (secondary N) is 1. The average molecular weight is 404 g/mol. The number of hydrogen-bond acceptors (Lipinski definition) is 8. The molecule has 1 unspecified atom stereocenters. The van der Waals surface area contributed by atoms with Gasteiger partial charge in [-0.2, -0.15) is 0 Å². The highest BCUT2D eigenvalue weighted by Gasteiger charge is 2.38. The van der Waals surface area contributed by atoms with E-state index in [4.69, 9.17) is 9.47 Å². The lowest BCUT2D eigenvalue weighted by Gasteiger charge is -2.11. The average Bonchev–Trinajstić information content (AvgIpc) is 3.25. The minimum atomic E-state index is -0.678. The predicted octanol–water partition coefficient (Wildman–Crippen LogP) is 2.90. The zero-order chi connectivity index (χ0) is 20.4. The molecule has 2 aromatic rings. The predicted molar refractivity (Wildman–Crippen MR) is 99.8 cm³/mol. The van der Waals surface area contributed by atoms with E-state index in [1.165, 1.54) is 43.8 Å². The van der Waals surface area contributed by atoms with Gasteiger partial charge in [0.1, 0.15) is 5.00 Å². The number of methoxy groups -OCH3 is 2. The van der Waals surface area contributed by atoms with Crippen LogP contribution >= 0.6 is 11.3 Å². The van der Waals surface area contributed by atoms with Crippen LogP contribution < -0.4 is 5.32 Å². The highest BCUT2D eigenvalue weighted by Crippen LogP contribution is 2.46. The van der Waals surface area contributed by atoms with Crippen LogP contribution in [0.4, 0.5) is 10.7 Å². The number of anilines is 1. The Kier molecular flexibility index (Phi) is 5.41. The Hall–Kier alpha value is -3.27. The van der Waals surface area contributed by atoms with Crippen LogP contribution in [0.1, 0.15) is 43.5 Å². The van der Waals surface area contributed by atoms with E-state index in [0.29, 0.717) is 18.4 Å². The lowest BCUT2D eigenvalue weighted by molar-refractivity contribution is -0.384. The quantitative estimate of drug-likeness (QED) is 0.461. The number of nitrogens with zero attached hydrogens (tertiary/aromatic N) is 1. The van der Waals surface area contributed by atoms with Crippen molar-refractivity contribution >= 4 is 39.9 Å². The number of carbonyl (C=O) groups is 3. The lowest BCUT2D eigenvalue weighted by atomic mass is 9.99. The van der Waals surface area contributed by atoms with Gasteiger partial charge >= 0.3 is 11.9 Å². The van der Waals surface area contributed by atoms with Crippen LogP contribution in [0.2, 0.25) is 0 Å². The third kappa shape index (κ3) is 3.46. The number of fused-ring (bicyclic) bond motifs is 1. The Bertz CT molecular complexity index is 982. The van der Waals surface area contributed by atoms with Crippen LogP contribution in [0, 0.1) is 10.1 Å². The lowest BCUT2D eigenvalue weighted by Crippen LogP contribution is -2.17. The van der Waals surface area contributed by atoms with Crippen molar-refractivity contribution < 1.29 is 28.8 Å². The number of benzene rings is 1. The van der Waals surface area contributed by atoms with Gasteiger partial charge in [0.25, 0.3) is 11.6 Å². The number of carbonyl (C=O) groups excluding carboxylic acids is 3. The van der Waals surface area contributed by atoms with Crippen molar-refractivity contribution in [2.24, 2.45) is 0 Å². The molecule has 0 bridgehead atoms. The van der Waals surface area contributed by atoms with Crippen LogP contribution in [0.3, 0.4) is 0 Å². The first-order valence-electron chi connectivity index (χ1n) is 8.24. The summed E-state index contributed by atoms with van der Waals surface area (Å²) in [6, 6.07) is 5.25. The summed E-state index contributed by atoms with van der Waals surface area (Å²) in [4.78, 5) is 48.1. The van der Waals surface area contributed by atoms with Gasteiger partial charge in [-0.1, -0.05) is 6.07 Å². The van der Waals surface area contributed by atoms with Crippen LogP contribution in [0.5, 0.6) is 0 Å². The van der Waals surface area contributed by atoms with E-state index in [0.717, 1.165) is 10.9 Å². The molecule has 1 aromatic heterocycles. The van der Waals surface area contributed by atoms with Crippen molar-refractivity contribution in [2.45, 2.75) is 18.8 Å². The summed E-state index contributed by atoms with van der Waals surface area (Å²) in [5.41, 5.74) is 0.482. The molecular weight excluding hydrogens is 388 g/mol. The molecule has 146 valence electrons.